The molecule has 1 aromatic heterocycles. The number of nitrogens with zero attached hydrogens (tertiary/aromatic N) is 1. The molecule has 0 spiro atoms. The molecule has 0 unspecified atom stereocenters. The highest BCUT2D eigenvalue weighted by Crippen LogP contribution is 2.34. The molecular formula is C14H14N2OS2. The van der Waals surface area contributed by atoms with Crippen molar-refractivity contribution >= 4 is 40.2 Å². The van der Waals surface area contributed by atoms with Crippen LogP contribution >= 0.6 is 23.1 Å². The van der Waals surface area contributed by atoms with Crippen molar-refractivity contribution in [1.82, 2.24) is 4.98 Å². The lowest BCUT2D eigenvalue weighted by Crippen LogP contribution is -2.04. The van der Waals surface area contributed by atoms with Crippen LogP contribution < -0.4 is 5.32 Å². The van der Waals surface area contributed by atoms with Crippen LogP contribution in [0.4, 0.5) is 5.13 Å². The number of anilines is 1. The van der Waals surface area contributed by atoms with Crippen molar-refractivity contribution in [3.8, 4) is 10.4 Å². The van der Waals surface area contributed by atoms with Crippen LogP contribution in [0.1, 0.15) is 12.6 Å². The molecule has 2 aromatic rings. The highest BCUT2D eigenvalue weighted by molar-refractivity contribution is 7.98. The van der Waals surface area contributed by atoms with E-state index in [-0.39, 0.29) is 5.91 Å². The zero-order valence-electron chi connectivity index (χ0n) is 10.8. The highest BCUT2D eigenvalue weighted by Gasteiger charge is 2.11. The van der Waals surface area contributed by atoms with Crippen LogP contribution in [-0.4, -0.2) is 17.1 Å². The summed E-state index contributed by atoms with van der Waals surface area (Å²) >= 11 is 3.16. The summed E-state index contributed by atoms with van der Waals surface area (Å²) in [6.07, 6.45) is 3.76. The van der Waals surface area contributed by atoms with E-state index in [1.807, 2.05) is 6.26 Å². The Bertz CT molecular complexity index is 602. The number of nitrogens with one attached hydrogen (secondary N) is 1. The first-order valence-corrected chi connectivity index (χ1v) is 7.73. The van der Waals surface area contributed by atoms with Crippen molar-refractivity contribution < 1.29 is 4.79 Å². The van der Waals surface area contributed by atoms with Gasteiger partial charge in [0.15, 0.2) is 5.13 Å². The molecule has 3 nitrogen and oxygen atoms in total. The van der Waals surface area contributed by atoms with Gasteiger partial charge in [0, 0.05) is 11.8 Å². The second-order valence-electron chi connectivity index (χ2n) is 3.85. The summed E-state index contributed by atoms with van der Waals surface area (Å²) in [7, 11) is 0. The van der Waals surface area contributed by atoms with E-state index < -0.39 is 0 Å². The van der Waals surface area contributed by atoms with Gasteiger partial charge in [-0.15, -0.1) is 11.8 Å². The number of amides is 1. The van der Waals surface area contributed by atoms with Crippen LogP contribution in [0.5, 0.6) is 0 Å². The van der Waals surface area contributed by atoms with E-state index in [9.17, 15) is 4.79 Å². The molecule has 1 N–H and O–H groups in total. The molecule has 0 saturated heterocycles. The van der Waals surface area contributed by atoms with Gasteiger partial charge in [0.1, 0.15) is 0 Å². The third-order valence-electron chi connectivity index (χ3n) is 2.48. The molecule has 19 heavy (non-hydrogen) atoms. The second kappa shape index (κ2) is 6.04. The number of benzene rings is 1. The summed E-state index contributed by atoms with van der Waals surface area (Å²) in [6.45, 7) is 5.24. The maximum atomic E-state index is 11.1. The summed E-state index contributed by atoms with van der Waals surface area (Å²) < 4.78 is 0. The van der Waals surface area contributed by atoms with Crippen LogP contribution in [-0.2, 0) is 4.79 Å². The quantitative estimate of drug-likeness (QED) is 0.861. The predicted octanol–water partition coefficient (Wildman–Crippen LogP) is 4.13. The summed E-state index contributed by atoms with van der Waals surface area (Å²) in [6, 6.07) is 8.27. The van der Waals surface area contributed by atoms with Gasteiger partial charge in [-0.05, 0) is 30.0 Å². The summed E-state index contributed by atoms with van der Waals surface area (Å²) in [5.74, 6) is -0.117. The zero-order chi connectivity index (χ0) is 13.8. The molecule has 0 aliphatic carbocycles. The van der Waals surface area contributed by atoms with Crippen LogP contribution in [0.25, 0.3) is 16.5 Å². The van der Waals surface area contributed by atoms with Gasteiger partial charge >= 0.3 is 0 Å². The number of carbonyl (C=O) groups is 1. The molecule has 1 heterocycles. The summed E-state index contributed by atoms with van der Waals surface area (Å²) in [5.41, 5.74) is 1.88. The molecule has 0 atom stereocenters. The maximum absolute atomic E-state index is 11.1. The average Bonchev–Trinajstić information content (AvgIpc) is 2.81. The number of carbonyl (C=O) groups excluding carboxylic acids is 1. The molecule has 0 aliphatic rings. The summed E-state index contributed by atoms with van der Waals surface area (Å²) in [4.78, 5) is 17.7. The van der Waals surface area contributed by atoms with Gasteiger partial charge in [0.25, 0.3) is 0 Å². The Balaban J connectivity index is 2.39. The van der Waals surface area contributed by atoms with Crippen LogP contribution in [0.15, 0.2) is 35.7 Å². The molecule has 0 aliphatic heterocycles. The fourth-order valence-corrected chi connectivity index (χ4v) is 3.05. The van der Waals surface area contributed by atoms with Crippen LogP contribution in [0.3, 0.4) is 0 Å². The Morgan fingerprint density at radius 3 is 2.63 bits per heavy atom. The van der Waals surface area contributed by atoms with Crippen molar-refractivity contribution in [3.05, 3.63) is 36.5 Å². The fraction of sp³-hybridized carbons (Fsp3) is 0.143. The third kappa shape index (κ3) is 3.24. The number of aromatic nitrogens is 1. The van der Waals surface area contributed by atoms with E-state index in [1.54, 1.807) is 17.8 Å². The normalized spacial score (nSPS) is 10.2. The minimum absolute atomic E-state index is 0.117. The molecule has 0 fully saturated rings. The second-order valence-corrected chi connectivity index (χ2v) is 5.73. The Hall–Kier alpha value is -1.59. The Kier molecular flexibility index (Phi) is 4.39. The van der Waals surface area contributed by atoms with Gasteiger partial charge < -0.3 is 5.32 Å². The Morgan fingerprint density at radius 1 is 1.42 bits per heavy atom. The number of rotatable bonds is 4. The topological polar surface area (TPSA) is 42.0 Å². The van der Waals surface area contributed by atoms with Gasteiger partial charge in [-0.1, -0.05) is 30.0 Å². The molecular weight excluding hydrogens is 276 g/mol. The van der Waals surface area contributed by atoms with Crippen molar-refractivity contribution in [2.75, 3.05) is 11.6 Å². The van der Waals surface area contributed by atoms with Crippen molar-refractivity contribution in [1.29, 1.82) is 0 Å². The van der Waals surface area contributed by atoms with Gasteiger partial charge in [-0.25, -0.2) is 4.98 Å². The SMILES string of the molecule is C=Cc1nc(NC(C)=O)sc1-c1ccc(SC)cc1. The van der Waals surface area contributed by atoms with Gasteiger partial charge in [-0.2, -0.15) is 0 Å². The van der Waals surface area contributed by atoms with Crippen LogP contribution in [0.2, 0.25) is 0 Å². The largest absolute Gasteiger partial charge is 0.302 e. The van der Waals surface area contributed by atoms with E-state index >= 15 is 0 Å². The molecule has 5 heteroatoms. The Morgan fingerprint density at radius 2 is 2.11 bits per heavy atom. The standard InChI is InChI=1S/C14H14N2OS2/c1-4-12-13(19-14(16-12)15-9(2)17)10-5-7-11(18-3)8-6-10/h4-8H,1H2,2-3H3,(H,15,16,17). The lowest BCUT2D eigenvalue weighted by Gasteiger charge is -2.00. The zero-order valence-corrected chi connectivity index (χ0v) is 12.4. The van der Waals surface area contributed by atoms with E-state index in [0.29, 0.717) is 5.13 Å². The fourth-order valence-electron chi connectivity index (χ4n) is 1.62. The van der Waals surface area contributed by atoms with Gasteiger partial charge in [0.2, 0.25) is 5.91 Å². The molecule has 98 valence electrons. The lowest BCUT2D eigenvalue weighted by atomic mass is 10.1. The van der Waals surface area contributed by atoms with E-state index in [1.165, 1.54) is 23.2 Å². The Labute approximate surface area is 120 Å². The van der Waals surface area contributed by atoms with E-state index in [4.69, 9.17) is 0 Å². The first-order valence-electron chi connectivity index (χ1n) is 5.69. The monoisotopic (exact) mass is 290 g/mol. The lowest BCUT2D eigenvalue weighted by molar-refractivity contribution is -0.114. The van der Waals surface area contributed by atoms with Gasteiger partial charge in [0.05, 0.1) is 10.6 Å². The van der Waals surface area contributed by atoms with Gasteiger partial charge in [-0.3, -0.25) is 4.79 Å². The minimum Gasteiger partial charge on any atom is -0.302 e. The molecule has 0 bridgehead atoms. The number of thiazole rings is 1. The molecule has 2 rings (SSSR count). The average molecular weight is 290 g/mol. The molecule has 0 saturated carbocycles. The van der Waals surface area contributed by atoms with E-state index in [2.05, 4.69) is 41.1 Å². The smallest absolute Gasteiger partial charge is 0.223 e. The first kappa shape index (κ1) is 13.8. The highest BCUT2D eigenvalue weighted by atomic mass is 32.2. The van der Waals surface area contributed by atoms with E-state index in [0.717, 1.165) is 16.1 Å². The summed E-state index contributed by atoms with van der Waals surface area (Å²) in [5, 5.41) is 3.31. The predicted molar refractivity (Wildman–Crippen MR) is 83.7 cm³/mol. The first-order chi connectivity index (χ1) is 9.13. The van der Waals surface area contributed by atoms with Crippen molar-refractivity contribution in [2.45, 2.75) is 11.8 Å². The van der Waals surface area contributed by atoms with Crippen molar-refractivity contribution in [2.24, 2.45) is 0 Å². The molecule has 1 aromatic carbocycles. The van der Waals surface area contributed by atoms with Crippen molar-refractivity contribution in [3.63, 3.8) is 0 Å². The number of hydrogen-bond donors (Lipinski definition) is 1. The minimum atomic E-state index is -0.117. The number of hydrogen-bond acceptors (Lipinski definition) is 4. The number of thioether (sulfide) groups is 1. The molecule has 0 radical (unpaired) electrons. The molecule has 1 amide bonds. The maximum Gasteiger partial charge on any atom is 0.223 e. The van der Waals surface area contributed by atoms with Crippen LogP contribution in [0, 0.1) is 0 Å². The third-order valence-corrected chi connectivity index (χ3v) is 4.26.